The zero-order valence-electron chi connectivity index (χ0n) is 6.13. The number of hydrogen-bond acceptors (Lipinski definition) is 1. The first-order valence-electron chi connectivity index (χ1n) is 3.13. The van der Waals surface area contributed by atoms with E-state index >= 15 is 0 Å². The molecule has 9 heavy (non-hydrogen) atoms. The second-order valence-corrected chi connectivity index (χ2v) is 2.50. The molecule has 0 amide bonds. The van der Waals surface area contributed by atoms with Crippen LogP contribution >= 0.6 is 8.19 Å². The minimum Gasteiger partial charge on any atom is -0.257 e. The lowest BCUT2D eigenvalue weighted by molar-refractivity contribution is 1.27. The van der Waals surface area contributed by atoms with Crippen molar-refractivity contribution in [1.29, 1.82) is 0 Å². The number of aryl methyl sites for hydroxylation is 1. The lowest BCUT2D eigenvalue weighted by Crippen LogP contribution is -1.66. The average molecular weight is 141 g/mol. The van der Waals surface area contributed by atoms with Crippen LogP contribution in [-0.4, -0.2) is 4.98 Å². The molecule has 50 valence electrons. The lowest BCUT2D eigenvalue weighted by Gasteiger charge is -1.81. The van der Waals surface area contributed by atoms with Crippen molar-refractivity contribution >= 4 is 8.19 Å². The van der Waals surface area contributed by atoms with E-state index in [2.05, 4.69) is 10.8 Å². The molecule has 1 aromatic heterocycles. The van der Waals surface area contributed by atoms with Crippen LogP contribution in [-0.2, 0) is 0 Å². The van der Waals surface area contributed by atoms with Crippen molar-refractivity contribution in [3.05, 3.63) is 23.5 Å². The summed E-state index contributed by atoms with van der Waals surface area (Å²) in [5.74, 6) is 2.07. The van der Waals surface area contributed by atoms with Gasteiger partial charge in [-0.05, 0) is 18.8 Å². The Hall–Kier alpha value is -0.420. The third kappa shape index (κ3) is 4.11. The van der Waals surface area contributed by atoms with Crippen molar-refractivity contribution in [3.63, 3.8) is 0 Å². The molecule has 0 aliphatic carbocycles. The summed E-state index contributed by atoms with van der Waals surface area (Å²) in [5, 5.41) is 0. The Morgan fingerprint density at radius 1 is 1.44 bits per heavy atom. The van der Waals surface area contributed by atoms with Gasteiger partial charge in [0.2, 0.25) is 0 Å². The van der Waals surface area contributed by atoms with Gasteiger partial charge in [-0.15, -0.1) is 0 Å². The van der Waals surface area contributed by atoms with E-state index in [1.807, 2.05) is 33.0 Å². The molecular weight excluding hydrogens is 129 g/mol. The predicted molar refractivity (Wildman–Crippen MR) is 42.8 cm³/mol. The van der Waals surface area contributed by atoms with Gasteiger partial charge in [-0.25, -0.2) is 0 Å². The summed E-state index contributed by atoms with van der Waals surface area (Å²) in [6.07, 6.45) is 1.81. The summed E-state index contributed by atoms with van der Waals surface area (Å²) in [6.45, 7) is 6.02. The van der Waals surface area contributed by atoms with Gasteiger partial charge < -0.3 is 0 Å². The zero-order valence-corrected chi connectivity index (χ0v) is 7.02. The first-order valence-corrected chi connectivity index (χ1v) is 4.09. The number of aromatic nitrogens is 1. The van der Waals surface area contributed by atoms with Gasteiger partial charge >= 0.3 is 0 Å². The molecule has 0 N–H and O–H groups in total. The zero-order chi connectivity index (χ0) is 7.11. The maximum absolute atomic E-state index is 4.02. The van der Waals surface area contributed by atoms with Gasteiger partial charge in [0.25, 0.3) is 0 Å². The van der Waals surface area contributed by atoms with Gasteiger partial charge in [-0.2, -0.15) is 0 Å². The van der Waals surface area contributed by atoms with Crippen molar-refractivity contribution < 1.29 is 0 Å². The van der Waals surface area contributed by atoms with Gasteiger partial charge in [0.15, 0.2) is 0 Å². The Bertz CT molecular complexity index is 139. The van der Waals surface area contributed by atoms with Gasteiger partial charge in [0.05, 0.1) is 5.43 Å². The van der Waals surface area contributed by atoms with Gasteiger partial charge in [0.1, 0.15) is 0 Å². The molecule has 0 atom stereocenters. The maximum atomic E-state index is 4.02. The van der Waals surface area contributed by atoms with E-state index in [4.69, 9.17) is 0 Å². The monoisotopic (exact) mass is 141 g/mol. The fourth-order valence-corrected chi connectivity index (χ4v) is 0.886. The van der Waals surface area contributed by atoms with Crippen LogP contribution in [0.3, 0.4) is 0 Å². The molecule has 1 aromatic rings. The number of hydrogen-bond donors (Lipinski definition) is 0. The normalized spacial score (nSPS) is 8.33. The van der Waals surface area contributed by atoms with Crippen molar-refractivity contribution in [2.45, 2.75) is 20.8 Å². The Morgan fingerprint density at radius 2 is 2.11 bits per heavy atom. The summed E-state index contributed by atoms with van der Waals surface area (Å²) >= 11 is 0. The van der Waals surface area contributed by atoms with Crippen LogP contribution in [0.5, 0.6) is 0 Å². The van der Waals surface area contributed by atoms with Crippen LogP contribution in [0.4, 0.5) is 0 Å². The summed E-state index contributed by atoms with van der Waals surface area (Å²) in [5.41, 5.74) is 1.17. The molecule has 0 saturated carbocycles. The second kappa shape index (κ2) is 5.71. The topological polar surface area (TPSA) is 12.9 Å². The molecule has 2 heteroatoms. The second-order valence-electron chi connectivity index (χ2n) is 1.30. The van der Waals surface area contributed by atoms with E-state index < -0.39 is 0 Å². The number of rotatable bonds is 0. The number of nitrogens with zero attached hydrogens (tertiary/aromatic N) is 1. The van der Waals surface area contributed by atoms with Crippen LogP contribution in [0.15, 0.2) is 18.1 Å². The average Bonchev–Trinajstić information content (AvgIpc) is 1.94. The summed E-state index contributed by atoms with van der Waals surface area (Å²) in [4.78, 5) is 4.02. The molecule has 0 aromatic carbocycles. The molecular formula is C7H12NP. The molecule has 0 unspecified atom stereocenters. The summed E-state index contributed by atoms with van der Waals surface area (Å²) in [6, 6.07) is 1.95. The summed E-state index contributed by atoms with van der Waals surface area (Å²) < 4.78 is 0. The SMILES string of the molecule is CC.Cc1ncccp1. The van der Waals surface area contributed by atoms with Crippen LogP contribution in [0.25, 0.3) is 0 Å². The van der Waals surface area contributed by atoms with Crippen LogP contribution in [0, 0.1) is 6.92 Å². The highest BCUT2D eigenvalue weighted by atomic mass is 31.0. The van der Waals surface area contributed by atoms with Crippen LogP contribution < -0.4 is 0 Å². The highest BCUT2D eigenvalue weighted by Gasteiger charge is 1.74. The van der Waals surface area contributed by atoms with E-state index in [0.717, 1.165) is 0 Å². The van der Waals surface area contributed by atoms with E-state index in [-0.39, 0.29) is 0 Å². The molecule has 0 saturated heterocycles. The molecule has 1 heterocycles. The molecule has 0 aliphatic rings. The fraction of sp³-hybridized carbons (Fsp3) is 0.429. The van der Waals surface area contributed by atoms with Crippen molar-refractivity contribution in [2.75, 3.05) is 0 Å². The Labute approximate surface area is 58.2 Å². The van der Waals surface area contributed by atoms with Crippen LogP contribution in [0.2, 0.25) is 0 Å². The fourth-order valence-electron chi connectivity index (χ4n) is 0.374. The highest BCUT2D eigenvalue weighted by Crippen LogP contribution is 2.04. The molecule has 1 rings (SSSR count). The van der Waals surface area contributed by atoms with Crippen molar-refractivity contribution in [2.24, 2.45) is 0 Å². The Kier molecular flexibility index (Phi) is 5.45. The molecule has 0 spiro atoms. The quantitative estimate of drug-likeness (QED) is 0.541. The highest BCUT2D eigenvalue weighted by molar-refractivity contribution is 7.29. The minimum atomic E-state index is 1.17. The molecule has 0 aliphatic heterocycles. The first-order chi connectivity index (χ1) is 4.39. The first kappa shape index (κ1) is 8.58. The van der Waals surface area contributed by atoms with Gasteiger partial charge in [-0.3, -0.25) is 4.98 Å². The predicted octanol–water partition coefficient (Wildman–Crippen LogP) is 3.00. The van der Waals surface area contributed by atoms with E-state index in [9.17, 15) is 0 Å². The van der Waals surface area contributed by atoms with E-state index in [0.29, 0.717) is 0 Å². The maximum Gasteiger partial charge on any atom is 0.0640 e. The van der Waals surface area contributed by atoms with Crippen molar-refractivity contribution in [3.8, 4) is 0 Å². The largest absolute Gasteiger partial charge is 0.257 e. The molecule has 0 fully saturated rings. The van der Waals surface area contributed by atoms with Gasteiger partial charge in [-0.1, -0.05) is 22.0 Å². The van der Waals surface area contributed by atoms with E-state index in [1.54, 1.807) is 0 Å². The third-order valence-corrected chi connectivity index (χ3v) is 1.51. The standard InChI is InChI=1S/C5H6NP.C2H6/c1-5-6-3-2-4-7-5;1-2/h2-4H,1H3;1-2H3. The smallest absolute Gasteiger partial charge is 0.0640 e. The molecule has 0 bridgehead atoms. The Balaban J connectivity index is 0.000000291. The minimum absolute atomic E-state index is 1.17. The molecule has 1 nitrogen and oxygen atoms in total. The van der Waals surface area contributed by atoms with Crippen LogP contribution in [0.1, 0.15) is 19.3 Å². The molecule has 0 radical (unpaired) electrons. The Morgan fingerprint density at radius 3 is 2.33 bits per heavy atom. The lowest BCUT2D eigenvalue weighted by atomic mass is 10.7. The van der Waals surface area contributed by atoms with Gasteiger partial charge in [0, 0.05) is 6.20 Å². The summed E-state index contributed by atoms with van der Waals surface area (Å²) in [7, 11) is 1.23. The van der Waals surface area contributed by atoms with E-state index in [1.165, 1.54) is 13.6 Å². The van der Waals surface area contributed by atoms with Crippen molar-refractivity contribution in [1.82, 2.24) is 4.98 Å². The third-order valence-electron chi connectivity index (χ3n) is 0.695.